The number of rotatable bonds is 8. The topological polar surface area (TPSA) is 98.2 Å². The molecule has 8 nitrogen and oxygen atoms in total. The zero-order chi connectivity index (χ0) is 27.7. The number of fused-ring (bicyclic) bond motifs is 1. The minimum Gasteiger partial charge on any atom is -0.507 e. The van der Waals surface area contributed by atoms with Gasteiger partial charge in [0.25, 0.3) is 5.78 Å². The molecule has 1 atom stereocenters. The molecule has 1 saturated heterocycles. The number of halogens is 1. The number of aliphatic hydroxyl groups is 1. The zero-order valence-electron chi connectivity index (χ0n) is 21.4. The van der Waals surface area contributed by atoms with Crippen LogP contribution in [0.15, 0.2) is 66.2 Å². The summed E-state index contributed by atoms with van der Waals surface area (Å²) in [6.45, 7) is 4.37. The Morgan fingerprint density at radius 3 is 2.56 bits per heavy atom. The van der Waals surface area contributed by atoms with Crippen LogP contribution in [0, 0.1) is 5.82 Å². The van der Waals surface area contributed by atoms with E-state index in [2.05, 4.69) is 4.98 Å². The third kappa shape index (κ3) is 4.79. The molecule has 3 aromatic carbocycles. The number of carbonyl (C=O) groups excluding carboxylic acids is 2. The Kier molecular flexibility index (Phi) is 7.21. The molecule has 0 aliphatic carbocycles. The second-order valence-electron chi connectivity index (χ2n) is 8.58. The minimum absolute atomic E-state index is 0.135. The molecule has 1 aromatic heterocycles. The summed E-state index contributed by atoms with van der Waals surface area (Å²) < 4.78 is 31.1. The van der Waals surface area contributed by atoms with E-state index in [1.54, 1.807) is 49.4 Å². The maximum absolute atomic E-state index is 13.9. The number of hydrogen-bond acceptors (Lipinski definition) is 8. The van der Waals surface area contributed by atoms with Gasteiger partial charge in [0.05, 0.1) is 47.7 Å². The lowest BCUT2D eigenvalue weighted by atomic mass is 9.95. The Morgan fingerprint density at radius 1 is 1.03 bits per heavy atom. The predicted molar refractivity (Wildman–Crippen MR) is 146 cm³/mol. The largest absolute Gasteiger partial charge is 0.507 e. The summed E-state index contributed by atoms with van der Waals surface area (Å²) in [6.07, 6.45) is 0. The fourth-order valence-corrected chi connectivity index (χ4v) is 5.54. The van der Waals surface area contributed by atoms with E-state index >= 15 is 0 Å². The third-order valence-electron chi connectivity index (χ3n) is 6.22. The van der Waals surface area contributed by atoms with Crippen molar-refractivity contribution in [3.63, 3.8) is 0 Å². The number of carbonyl (C=O) groups is 2. The molecule has 200 valence electrons. The number of amides is 1. The molecular formula is C29H25FN2O6S. The highest BCUT2D eigenvalue weighted by molar-refractivity contribution is 7.22. The Hall–Kier alpha value is -4.44. The fourth-order valence-electron chi connectivity index (χ4n) is 4.52. The number of anilines is 1. The summed E-state index contributed by atoms with van der Waals surface area (Å²) in [7, 11) is 1.51. The van der Waals surface area contributed by atoms with Crippen molar-refractivity contribution >= 4 is 44.1 Å². The second kappa shape index (κ2) is 10.7. The molecular weight excluding hydrogens is 523 g/mol. The highest BCUT2D eigenvalue weighted by atomic mass is 32.1. The first-order chi connectivity index (χ1) is 18.9. The van der Waals surface area contributed by atoms with Crippen molar-refractivity contribution in [3.05, 3.63) is 83.2 Å². The van der Waals surface area contributed by atoms with Crippen molar-refractivity contribution in [1.29, 1.82) is 0 Å². The Bertz CT molecular complexity index is 1610. The van der Waals surface area contributed by atoms with Gasteiger partial charge in [0.1, 0.15) is 28.8 Å². The number of ether oxygens (including phenoxy) is 3. The average molecular weight is 549 g/mol. The maximum Gasteiger partial charge on any atom is 0.301 e. The van der Waals surface area contributed by atoms with Crippen LogP contribution in [0.1, 0.15) is 31.0 Å². The average Bonchev–Trinajstić information content (AvgIpc) is 3.46. The number of ketones is 1. The van der Waals surface area contributed by atoms with Gasteiger partial charge in [-0.2, -0.15) is 0 Å². The van der Waals surface area contributed by atoms with Crippen LogP contribution < -0.4 is 19.1 Å². The number of benzene rings is 3. The molecule has 0 spiro atoms. The summed E-state index contributed by atoms with van der Waals surface area (Å²) in [4.78, 5) is 32.8. The lowest BCUT2D eigenvalue weighted by molar-refractivity contribution is -0.132. The van der Waals surface area contributed by atoms with Crippen LogP contribution in [0.3, 0.4) is 0 Å². The molecule has 1 N–H and O–H groups in total. The van der Waals surface area contributed by atoms with E-state index in [9.17, 15) is 19.1 Å². The number of hydrogen-bond donors (Lipinski definition) is 1. The van der Waals surface area contributed by atoms with Gasteiger partial charge < -0.3 is 19.3 Å². The smallest absolute Gasteiger partial charge is 0.301 e. The number of nitrogens with zero attached hydrogens (tertiary/aromatic N) is 2. The van der Waals surface area contributed by atoms with Crippen LogP contribution in [0.25, 0.3) is 16.0 Å². The van der Waals surface area contributed by atoms with Gasteiger partial charge in [0.2, 0.25) is 0 Å². The Labute approximate surface area is 227 Å². The van der Waals surface area contributed by atoms with Crippen LogP contribution >= 0.6 is 11.3 Å². The summed E-state index contributed by atoms with van der Waals surface area (Å²) in [5.41, 5.74) is 1.10. The van der Waals surface area contributed by atoms with Gasteiger partial charge in [-0.1, -0.05) is 23.5 Å². The Balaban J connectivity index is 1.73. The van der Waals surface area contributed by atoms with Gasteiger partial charge in [-0.15, -0.1) is 0 Å². The zero-order valence-corrected chi connectivity index (χ0v) is 22.3. The van der Waals surface area contributed by atoms with E-state index in [1.165, 1.54) is 30.2 Å². The van der Waals surface area contributed by atoms with E-state index in [4.69, 9.17) is 14.2 Å². The van der Waals surface area contributed by atoms with E-state index in [0.29, 0.717) is 46.2 Å². The van der Waals surface area contributed by atoms with Crippen molar-refractivity contribution in [2.75, 3.05) is 25.2 Å². The van der Waals surface area contributed by atoms with Gasteiger partial charge in [-0.3, -0.25) is 14.5 Å². The van der Waals surface area contributed by atoms with E-state index in [0.717, 1.165) is 11.3 Å². The summed E-state index contributed by atoms with van der Waals surface area (Å²) in [5.74, 6) is -1.27. The van der Waals surface area contributed by atoms with Gasteiger partial charge in [0.15, 0.2) is 5.13 Å². The normalized spacial score (nSPS) is 16.6. The van der Waals surface area contributed by atoms with Crippen LogP contribution in [0.4, 0.5) is 9.52 Å². The van der Waals surface area contributed by atoms with Crippen LogP contribution in [0.2, 0.25) is 0 Å². The van der Waals surface area contributed by atoms with Gasteiger partial charge in [0, 0.05) is 6.07 Å². The first kappa shape index (κ1) is 26.2. The van der Waals surface area contributed by atoms with Crippen molar-refractivity contribution in [2.24, 2.45) is 0 Å². The number of Topliss-reactive ketones (excluding diaryl/α,β-unsaturated/α-hetero) is 1. The minimum atomic E-state index is -1.04. The van der Waals surface area contributed by atoms with Gasteiger partial charge in [-0.05, 0) is 61.9 Å². The van der Waals surface area contributed by atoms with Crippen molar-refractivity contribution in [2.45, 2.75) is 19.9 Å². The van der Waals surface area contributed by atoms with Gasteiger partial charge >= 0.3 is 5.91 Å². The molecule has 1 amide bonds. The molecule has 0 radical (unpaired) electrons. The van der Waals surface area contributed by atoms with Crippen molar-refractivity contribution < 1.29 is 33.3 Å². The lowest BCUT2D eigenvalue weighted by Gasteiger charge is -2.23. The molecule has 1 aliphatic heterocycles. The monoisotopic (exact) mass is 548 g/mol. The third-order valence-corrected chi connectivity index (χ3v) is 7.24. The predicted octanol–water partition coefficient (Wildman–Crippen LogP) is 5.87. The van der Waals surface area contributed by atoms with Crippen molar-refractivity contribution in [1.82, 2.24) is 4.98 Å². The molecule has 1 unspecified atom stereocenters. The molecule has 0 bridgehead atoms. The quantitative estimate of drug-likeness (QED) is 0.167. The first-order valence-electron chi connectivity index (χ1n) is 12.3. The summed E-state index contributed by atoms with van der Waals surface area (Å²) in [5, 5.41) is 11.8. The molecule has 1 aliphatic rings. The SMILES string of the molecule is CCOc1ccc(/C(O)=C2\C(=O)C(=O)N(c3nc4ccc(F)cc4s3)C2c2cccc(OC)c2)c(OCC)c1. The fraction of sp³-hybridized carbons (Fsp3) is 0.207. The molecule has 10 heteroatoms. The molecule has 0 saturated carbocycles. The molecule has 2 heterocycles. The van der Waals surface area contributed by atoms with E-state index in [-0.39, 0.29) is 16.3 Å². The molecule has 39 heavy (non-hydrogen) atoms. The lowest BCUT2D eigenvalue weighted by Crippen LogP contribution is -2.29. The van der Waals surface area contributed by atoms with E-state index in [1.807, 2.05) is 6.92 Å². The maximum atomic E-state index is 13.9. The highest BCUT2D eigenvalue weighted by Gasteiger charge is 2.48. The standard InChI is InChI=1S/C29H25FN2O6S/c1-4-37-19-10-11-20(22(15-19)38-5-2)26(33)24-25(16-7-6-8-18(13-16)36-3)32(28(35)27(24)34)29-31-21-12-9-17(30)14-23(21)39-29/h6-15,25,33H,4-5H2,1-3H3/b26-24+. The number of methoxy groups -OCH3 is 1. The highest BCUT2D eigenvalue weighted by Crippen LogP contribution is 2.46. The van der Waals surface area contributed by atoms with E-state index < -0.39 is 29.3 Å². The van der Waals surface area contributed by atoms with Crippen molar-refractivity contribution in [3.8, 4) is 17.2 Å². The molecule has 4 aromatic rings. The number of aliphatic hydroxyl groups excluding tert-OH is 1. The summed E-state index contributed by atoms with van der Waals surface area (Å²) >= 11 is 1.08. The number of thiazole rings is 1. The van der Waals surface area contributed by atoms with Gasteiger partial charge in [-0.25, -0.2) is 9.37 Å². The second-order valence-corrected chi connectivity index (χ2v) is 9.59. The van der Waals surface area contributed by atoms with Crippen LogP contribution in [-0.4, -0.2) is 42.1 Å². The first-order valence-corrected chi connectivity index (χ1v) is 13.1. The summed E-state index contributed by atoms with van der Waals surface area (Å²) in [6, 6.07) is 14.8. The molecule has 1 fully saturated rings. The van der Waals surface area contributed by atoms with Crippen LogP contribution in [0.5, 0.6) is 17.2 Å². The Morgan fingerprint density at radius 2 is 1.82 bits per heavy atom. The number of aromatic nitrogens is 1. The van der Waals surface area contributed by atoms with Crippen LogP contribution in [-0.2, 0) is 9.59 Å². The molecule has 5 rings (SSSR count).